The standard InChI is InChI=1S/C9H13N5O4/c1-17-9(16)11-5-2-3-14(4-5)8(15)6-7(10)13-18-12-6/h5H,2-4H2,1H3,(H2,10,13)(H,11,16). The van der Waals surface area contributed by atoms with Gasteiger partial charge in [-0.15, -0.1) is 0 Å². The van der Waals surface area contributed by atoms with Gasteiger partial charge in [-0.2, -0.15) is 0 Å². The van der Waals surface area contributed by atoms with Crippen molar-refractivity contribution in [2.24, 2.45) is 0 Å². The van der Waals surface area contributed by atoms with Gasteiger partial charge in [-0.25, -0.2) is 9.42 Å². The summed E-state index contributed by atoms with van der Waals surface area (Å²) >= 11 is 0. The number of nitrogens with two attached hydrogens (primary N) is 1. The molecule has 98 valence electrons. The lowest BCUT2D eigenvalue weighted by molar-refractivity contribution is 0.0777. The second-order valence-electron chi connectivity index (χ2n) is 3.87. The summed E-state index contributed by atoms with van der Waals surface area (Å²) in [5.41, 5.74) is 5.44. The minimum Gasteiger partial charge on any atom is -0.453 e. The molecule has 0 aromatic carbocycles. The van der Waals surface area contributed by atoms with E-state index in [0.29, 0.717) is 19.5 Å². The van der Waals surface area contributed by atoms with Crippen LogP contribution in [0.4, 0.5) is 10.6 Å². The van der Waals surface area contributed by atoms with Crippen molar-refractivity contribution < 1.29 is 19.0 Å². The number of hydrogen-bond donors (Lipinski definition) is 2. The van der Waals surface area contributed by atoms with E-state index < -0.39 is 6.09 Å². The highest BCUT2D eigenvalue weighted by Crippen LogP contribution is 2.15. The van der Waals surface area contributed by atoms with Gasteiger partial charge in [0.2, 0.25) is 11.5 Å². The van der Waals surface area contributed by atoms with Gasteiger partial charge in [0.25, 0.3) is 5.91 Å². The van der Waals surface area contributed by atoms with Crippen LogP contribution in [0.1, 0.15) is 16.9 Å². The normalized spacial score (nSPS) is 18.7. The second-order valence-corrected chi connectivity index (χ2v) is 3.87. The van der Waals surface area contributed by atoms with E-state index in [4.69, 9.17) is 5.73 Å². The number of amides is 2. The molecule has 1 aliphatic rings. The Labute approximate surface area is 102 Å². The number of hydrogen-bond acceptors (Lipinski definition) is 7. The highest BCUT2D eigenvalue weighted by atomic mass is 16.6. The van der Waals surface area contributed by atoms with E-state index in [1.807, 2.05) is 0 Å². The summed E-state index contributed by atoms with van der Waals surface area (Å²) in [5.74, 6) is -0.396. The molecular formula is C9H13N5O4. The van der Waals surface area contributed by atoms with Crippen molar-refractivity contribution >= 4 is 17.8 Å². The van der Waals surface area contributed by atoms with Crippen molar-refractivity contribution in [1.82, 2.24) is 20.5 Å². The van der Waals surface area contributed by atoms with Crippen LogP contribution in [0.5, 0.6) is 0 Å². The Morgan fingerprint density at radius 1 is 1.56 bits per heavy atom. The van der Waals surface area contributed by atoms with E-state index in [-0.39, 0.29) is 23.5 Å². The number of methoxy groups -OCH3 is 1. The molecule has 2 rings (SSSR count). The van der Waals surface area contributed by atoms with Crippen LogP contribution in [0.25, 0.3) is 0 Å². The molecule has 18 heavy (non-hydrogen) atoms. The summed E-state index contributed by atoms with van der Waals surface area (Å²) in [4.78, 5) is 24.5. The van der Waals surface area contributed by atoms with Gasteiger partial charge < -0.3 is 20.7 Å². The lowest BCUT2D eigenvalue weighted by atomic mass is 10.3. The number of carbonyl (C=O) groups is 2. The first-order chi connectivity index (χ1) is 8.61. The molecule has 0 aliphatic carbocycles. The number of ether oxygens (including phenoxy) is 1. The summed E-state index contributed by atoms with van der Waals surface area (Å²) in [5, 5.41) is 9.42. The van der Waals surface area contributed by atoms with Crippen LogP contribution < -0.4 is 11.1 Å². The topological polar surface area (TPSA) is 124 Å². The molecule has 0 radical (unpaired) electrons. The third-order valence-electron chi connectivity index (χ3n) is 2.70. The van der Waals surface area contributed by atoms with Gasteiger partial charge in [0.1, 0.15) is 0 Å². The third-order valence-corrected chi connectivity index (χ3v) is 2.70. The molecule has 0 bridgehead atoms. The van der Waals surface area contributed by atoms with Crippen LogP contribution in [0, 0.1) is 0 Å². The van der Waals surface area contributed by atoms with E-state index in [2.05, 4.69) is 25.0 Å². The van der Waals surface area contributed by atoms with Crippen molar-refractivity contribution in [1.29, 1.82) is 0 Å². The number of alkyl carbamates (subject to hydrolysis) is 1. The van der Waals surface area contributed by atoms with E-state index >= 15 is 0 Å². The number of nitrogens with zero attached hydrogens (tertiary/aromatic N) is 3. The fourth-order valence-corrected chi connectivity index (χ4v) is 1.78. The Morgan fingerprint density at radius 3 is 2.94 bits per heavy atom. The van der Waals surface area contributed by atoms with E-state index in [1.54, 1.807) is 0 Å². The van der Waals surface area contributed by atoms with Gasteiger partial charge in [0.05, 0.1) is 13.2 Å². The molecule has 1 unspecified atom stereocenters. The minimum absolute atomic E-state index is 0.00582. The van der Waals surface area contributed by atoms with Crippen molar-refractivity contribution in [2.45, 2.75) is 12.5 Å². The van der Waals surface area contributed by atoms with Crippen LogP contribution in [0.15, 0.2) is 4.63 Å². The predicted molar refractivity (Wildman–Crippen MR) is 58.6 cm³/mol. The quantitative estimate of drug-likeness (QED) is 0.710. The zero-order valence-electron chi connectivity index (χ0n) is 9.75. The summed E-state index contributed by atoms with van der Waals surface area (Å²) in [6.45, 7) is 0.875. The minimum atomic E-state index is -0.517. The molecule has 9 nitrogen and oxygen atoms in total. The van der Waals surface area contributed by atoms with E-state index in [9.17, 15) is 9.59 Å². The maximum absolute atomic E-state index is 12.0. The van der Waals surface area contributed by atoms with Crippen molar-refractivity contribution in [2.75, 3.05) is 25.9 Å². The van der Waals surface area contributed by atoms with Crippen LogP contribution in [-0.2, 0) is 4.74 Å². The fraction of sp³-hybridized carbons (Fsp3) is 0.556. The lowest BCUT2D eigenvalue weighted by Crippen LogP contribution is -2.38. The monoisotopic (exact) mass is 255 g/mol. The molecule has 2 amide bonds. The average Bonchev–Trinajstić information content (AvgIpc) is 2.97. The molecular weight excluding hydrogens is 242 g/mol. The van der Waals surface area contributed by atoms with Crippen LogP contribution >= 0.6 is 0 Å². The molecule has 0 spiro atoms. The summed E-state index contributed by atoms with van der Waals surface area (Å²) < 4.78 is 8.86. The Bertz CT molecular complexity index is 460. The molecule has 2 heterocycles. The SMILES string of the molecule is COC(=O)NC1CCN(C(=O)c2nonc2N)C1. The first-order valence-corrected chi connectivity index (χ1v) is 5.33. The number of aromatic nitrogens is 2. The third kappa shape index (κ3) is 2.34. The Kier molecular flexibility index (Phi) is 3.31. The fourth-order valence-electron chi connectivity index (χ4n) is 1.78. The number of nitrogens with one attached hydrogen (secondary N) is 1. The van der Waals surface area contributed by atoms with Gasteiger partial charge in [-0.3, -0.25) is 4.79 Å². The number of likely N-dealkylation sites (tertiary alicyclic amines) is 1. The Balaban J connectivity index is 1.95. The van der Waals surface area contributed by atoms with E-state index in [0.717, 1.165) is 0 Å². The Hall–Kier alpha value is -2.32. The molecule has 0 saturated carbocycles. The lowest BCUT2D eigenvalue weighted by Gasteiger charge is -2.15. The predicted octanol–water partition coefficient (Wildman–Crippen LogP) is -0.778. The molecule has 1 aliphatic heterocycles. The van der Waals surface area contributed by atoms with Gasteiger partial charge in [0.15, 0.2) is 0 Å². The highest BCUT2D eigenvalue weighted by Gasteiger charge is 2.30. The van der Waals surface area contributed by atoms with Gasteiger partial charge in [-0.1, -0.05) is 0 Å². The number of rotatable bonds is 2. The van der Waals surface area contributed by atoms with Crippen molar-refractivity contribution in [3.63, 3.8) is 0 Å². The average molecular weight is 255 g/mol. The van der Waals surface area contributed by atoms with Crippen LogP contribution in [0.3, 0.4) is 0 Å². The smallest absolute Gasteiger partial charge is 0.407 e. The summed E-state index contributed by atoms with van der Waals surface area (Å²) in [6, 6.07) is -0.137. The largest absolute Gasteiger partial charge is 0.453 e. The maximum atomic E-state index is 12.0. The summed E-state index contributed by atoms with van der Waals surface area (Å²) in [6.07, 6.45) is 0.128. The molecule has 1 saturated heterocycles. The van der Waals surface area contributed by atoms with E-state index in [1.165, 1.54) is 12.0 Å². The van der Waals surface area contributed by atoms with Gasteiger partial charge >= 0.3 is 6.09 Å². The van der Waals surface area contributed by atoms with Crippen molar-refractivity contribution in [3.8, 4) is 0 Å². The number of carbonyl (C=O) groups excluding carboxylic acids is 2. The zero-order chi connectivity index (χ0) is 13.1. The molecule has 1 atom stereocenters. The molecule has 1 fully saturated rings. The first kappa shape index (κ1) is 12.1. The molecule has 3 N–H and O–H groups in total. The highest BCUT2D eigenvalue weighted by molar-refractivity contribution is 5.96. The maximum Gasteiger partial charge on any atom is 0.407 e. The van der Waals surface area contributed by atoms with Crippen LogP contribution in [0.2, 0.25) is 0 Å². The van der Waals surface area contributed by atoms with Gasteiger partial charge in [0, 0.05) is 13.1 Å². The molecule has 1 aromatic heterocycles. The van der Waals surface area contributed by atoms with Crippen molar-refractivity contribution in [3.05, 3.63) is 5.69 Å². The number of nitrogen functional groups attached to an aromatic ring is 1. The second kappa shape index (κ2) is 4.90. The zero-order valence-corrected chi connectivity index (χ0v) is 9.75. The molecule has 9 heteroatoms. The number of anilines is 1. The molecule has 1 aromatic rings. The Morgan fingerprint density at radius 2 is 2.33 bits per heavy atom. The first-order valence-electron chi connectivity index (χ1n) is 5.33. The van der Waals surface area contributed by atoms with Gasteiger partial charge in [-0.05, 0) is 16.7 Å². The summed E-state index contributed by atoms with van der Waals surface area (Å²) in [7, 11) is 1.29. The van der Waals surface area contributed by atoms with Crippen LogP contribution in [-0.4, -0.2) is 53.5 Å².